The summed E-state index contributed by atoms with van der Waals surface area (Å²) in [5, 5.41) is 2.96. The second-order valence-corrected chi connectivity index (χ2v) is 5.55. The summed E-state index contributed by atoms with van der Waals surface area (Å²) in [5.41, 5.74) is 9.59. The van der Waals surface area contributed by atoms with Gasteiger partial charge in [-0.3, -0.25) is 4.79 Å². The topological polar surface area (TPSA) is 58.4 Å². The predicted octanol–water partition coefficient (Wildman–Crippen LogP) is 3.68. The molecular formula is C19H25N3O. The molecule has 2 aromatic carbocycles. The van der Waals surface area contributed by atoms with Gasteiger partial charge in [-0.05, 0) is 50.1 Å². The zero-order chi connectivity index (χ0) is 16.8. The van der Waals surface area contributed by atoms with Crippen LogP contribution in [0.1, 0.15) is 26.3 Å². The molecule has 0 aliphatic rings. The summed E-state index contributed by atoms with van der Waals surface area (Å²) in [7, 11) is 0. The van der Waals surface area contributed by atoms with E-state index >= 15 is 0 Å². The number of carbonyl (C=O) groups excluding carboxylic acids is 1. The molecule has 0 bridgehead atoms. The molecule has 3 N–H and O–H groups in total. The summed E-state index contributed by atoms with van der Waals surface area (Å²) < 4.78 is 0. The van der Waals surface area contributed by atoms with E-state index in [1.807, 2.05) is 62.4 Å². The smallest absolute Gasteiger partial charge is 0.246 e. The van der Waals surface area contributed by atoms with E-state index in [4.69, 9.17) is 5.73 Å². The van der Waals surface area contributed by atoms with Gasteiger partial charge >= 0.3 is 0 Å². The monoisotopic (exact) mass is 311 g/mol. The maximum absolute atomic E-state index is 12.6. The highest BCUT2D eigenvalue weighted by Crippen LogP contribution is 2.20. The molecule has 23 heavy (non-hydrogen) atoms. The van der Waals surface area contributed by atoms with Crippen molar-refractivity contribution in [1.29, 1.82) is 0 Å². The zero-order valence-corrected chi connectivity index (χ0v) is 14.0. The quantitative estimate of drug-likeness (QED) is 0.800. The van der Waals surface area contributed by atoms with Gasteiger partial charge in [-0.2, -0.15) is 0 Å². The first-order valence-corrected chi connectivity index (χ1v) is 8.07. The van der Waals surface area contributed by atoms with Crippen LogP contribution < -0.4 is 16.0 Å². The summed E-state index contributed by atoms with van der Waals surface area (Å²) in [6.45, 7) is 6.78. The second kappa shape index (κ2) is 7.68. The average molecular weight is 311 g/mol. The number of nitrogens with one attached hydrogen (secondary N) is 1. The highest BCUT2D eigenvalue weighted by atomic mass is 16.2. The molecule has 0 radical (unpaired) electrons. The van der Waals surface area contributed by atoms with Crippen molar-refractivity contribution in [3.8, 4) is 0 Å². The maximum atomic E-state index is 12.6. The van der Waals surface area contributed by atoms with E-state index in [2.05, 4.69) is 17.1 Å². The summed E-state index contributed by atoms with van der Waals surface area (Å²) in [6.07, 6.45) is 0.883. The van der Waals surface area contributed by atoms with Gasteiger partial charge in [-0.25, -0.2) is 0 Å². The molecule has 4 nitrogen and oxygen atoms in total. The molecule has 0 aromatic heterocycles. The average Bonchev–Trinajstić information content (AvgIpc) is 2.56. The Morgan fingerprint density at radius 1 is 1.17 bits per heavy atom. The molecule has 0 aliphatic heterocycles. The molecular weight excluding hydrogens is 286 g/mol. The first kappa shape index (κ1) is 16.9. The van der Waals surface area contributed by atoms with Crippen molar-refractivity contribution in [2.45, 2.75) is 33.2 Å². The van der Waals surface area contributed by atoms with Gasteiger partial charge in [-0.15, -0.1) is 0 Å². The molecule has 0 aliphatic carbocycles. The number of para-hydroxylation sites is 1. The molecule has 0 fully saturated rings. The minimum atomic E-state index is -0.269. The Morgan fingerprint density at radius 2 is 1.87 bits per heavy atom. The number of hydrogen-bond donors (Lipinski definition) is 2. The minimum absolute atomic E-state index is 0.0423. The highest BCUT2D eigenvalue weighted by Gasteiger charge is 2.20. The Morgan fingerprint density at radius 3 is 2.43 bits per heavy atom. The van der Waals surface area contributed by atoms with Crippen molar-refractivity contribution in [2.24, 2.45) is 0 Å². The van der Waals surface area contributed by atoms with Crippen LogP contribution in [0.3, 0.4) is 0 Å². The van der Waals surface area contributed by atoms with Crippen LogP contribution in [-0.4, -0.2) is 18.5 Å². The largest absolute Gasteiger partial charge is 0.398 e. The Hall–Kier alpha value is -2.49. The molecule has 1 atom stereocenters. The van der Waals surface area contributed by atoms with E-state index in [-0.39, 0.29) is 11.9 Å². The summed E-state index contributed by atoms with van der Waals surface area (Å²) in [5.74, 6) is -0.0423. The first-order chi connectivity index (χ1) is 11.1. The number of likely N-dealkylation sites (N-methyl/N-ethyl adjacent to an activating group) is 1. The first-order valence-electron chi connectivity index (χ1n) is 8.07. The molecule has 2 rings (SSSR count). The van der Waals surface area contributed by atoms with Crippen LogP contribution in [0, 0.1) is 0 Å². The fourth-order valence-corrected chi connectivity index (χ4v) is 2.68. The van der Waals surface area contributed by atoms with Gasteiger partial charge < -0.3 is 16.0 Å². The summed E-state index contributed by atoms with van der Waals surface area (Å²) >= 11 is 0. The number of hydrogen-bond acceptors (Lipinski definition) is 3. The van der Waals surface area contributed by atoms with E-state index in [0.717, 1.165) is 29.9 Å². The SMILES string of the molecule is CCc1ccc(NC(=O)C(C)N(CC)c2ccccc2)cc1N. The van der Waals surface area contributed by atoms with Crippen molar-refractivity contribution in [3.05, 3.63) is 54.1 Å². The van der Waals surface area contributed by atoms with Gasteiger partial charge in [0.1, 0.15) is 6.04 Å². The summed E-state index contributed by atoms with van der Waals surface area (Å²) in [6, 6.07) is 15.4. The number of nitrogens with zero attached hydrogens (tertiary/aromatic N) is 1. The van der Waals surface area contributed by atoms with Gasteiger partial charge in [-0.1, -0.05) is 31.2 Å². The van der Waals surface area contributed by atoms with Crippen LogP contribution >= 0.6 is 0 Å². The van der Waals surface area contributed by atoms with E-state index in [1.165, 1.54) is 0 Å². The van der Waals surface area contributed by atoms with E-state index < -0.39 is 0 Å². The Bertz CT molecular complexity index is 655. The lowest BCUT2D eigenvalue weighted by Crippen LogP contribution is -2.42. The highest BCUT2D eigenvalue weighted by molar-refractivity contribution is 5.97. The van der Waals surface area contributed by atoms with Gasteiger partial charge in [0.15, 0.2) is 0 Å². The number of nitrogen functional groups attached to an aromatic ring is 1. The molecule has 2 aromatic rings. The van der Waals surface area contributed by atoms with Gasteiger partial charge in [0, 0.05) is 23.6 Å². The fourth-order valence-electron chi connectivity index (χ4n) is 2.68. The third kappa shape index (κ3) is 4.03. The maximum Gasteiger partial charge on any atom is 0.246 e. The number of benzene rings is 2. The molecule has 4 heteroatoms. The number of nitrogens with two attached hydrogens (primary N) is 1. The van der Waals surface area contributed by atoms with Crippen LogP contribution in [-0.2, 0) is 11.2 Å². The van der Waals surface area contributed by atoms with E-state index in [9.17, 15) is 4.79 Å². The normalized spacial score (nSPS) is 11.8. The number of amides is 1. The van der Waals surface area contributed by atoms with Crippen molar-refractivity contribution >= 4 is 23.0 Å². The Balaban J connectivity index is 2.11. The number of carbonyl (C=O) groups is 1. The van der Waals surface area contributed by atoms with Crippen molar-refractivity contribution in [2.75, 3.05) is 22.5 Å². The lowest BCUT2D eigenvalue weighted by atomic mass is 10.1. The molecule has 122 valence electrons. The van der Waals surface area contributed by atoms with Crippen LogP contribution in [0.15, 0.2) is 48.5 Å². The number of rotatable bonds is 6. The lowest BCUT2D eigenvalue weighted by molar-refractivity contribution is -0.117. The van der Waals surface area contributed by atoms with Crippen LogP contribution in [0.4, 0.5) is 17.1 Å². The van der Waals surface area contributed by atoms with Crippen molar-refractivity contribution in [1.82, 2.24) is 0 Å². The van der Waals surface area contributed by atoms with Gasteiger partial charge in [0.25, 0.3) is 0 Å². The molecule has 1 amide bonds. The fraction of sp³-hybridized carbons (Fsp3) is 0.316. The lowest BCUT2D eigenvalue weighted by Gasteiger charge is -2.29. The standard InChI is InChI=1S/C19H25N3O/c1-4-15-11-12-16(13-18(15)20)21-19(23)14(3)22(5-2)17-9-7-6-8-10-17/h6-14H,4-5,20H2,1-3H3,(H,21,23). The van der Waals surface area contributed by atoms with Crippen molar-refractivity contribution < 1.29 is 4.79 Å². The Labute approximate surface area is 138 Å². The predicted molar refractivity (Wildman–Crippen MR) is 97.8 cm³/mol. The van der Waals surface area contributed by atoms with Crippen molar-refractivity contribution in [3.63, 3.8) is 0 Å². The number of anilines is 3. The van der Waals surface area contributed by atoms with E-state index in [1.54, 1.807) is 0 Å². The second-order valence-electron chi connectivity index (χ2n) is 5.55. The third-order valence-corrected chi connectivity index (χ3v) is 4.07. The summed E-state index contributed by atoms with van der Waals surface area (Å²) in [4.78, 5) is 14.6. The zero-order valence-electron chi connectivity index (χ0n) is 14.0. The molecule has 0 saturated heterocycles. The third-order valence-electron chi connectivity index (χ3n) is 4.07. The van der Waals surface area contributed by atoms with Crippen LogP contribution in [0.2, 0.25) is 0 Å². The molecule has 0 heterocycles. The molecule has 0 saturated carbocycles. The van der Waals surface area contributed by atoms with Crippen LogP contribution in [0.5, 0.6) is 0 Å². The van der Waals surface area contributed by atoms with Crippen LogP contribution in [0.25, 0.3) is 0 Å². The Kier molecular flexibility index (Phi) is 5.63. The van der Waals surface area contributed by atoms with Gasteiger partial charge in [0.2, 0.25) is 5.91 Å². The number of aryl methyl sites for hydroxylation is 1. The molecule has 0 spiro atoms. The minimum Gasteiger partial charge on any atom is -0.398 e. The molecule has 1 unspecified atom stereocenters. The van der Waals surface area contributed by atoms with E-state index in [0.29, 0.717) is 5.69 Å². The van der Waals surface area contributed by atoms with Gasteiger partial charge in [0.05, 0.1) is 0 Å².